The molecule has 0 aliphatic heterocycles. The molecule has 0 fully saturated rings. The first kappa shape index (κ1) is 42.5. The summed E-state index contributed by atoms with van der Waals surface area (Å²) in [6.45, 7) is 1.98. The van der Waals surface area contributed by atoms with Crippen LogP contribution in [0.1, 0.15) is 96.3 Å². The van der Waals surface area contributed by atoms with Crippen molar-refractivity contribution in [3.05, 3.63) is 108 Å². The number of unbranched alkanes of at least 4 members (excludes halogenated alkanes) is 6. The first-order chi connectivity index (χ1) is 28.3. The number of hydrogen-bond donors (Lipinski definition) is 8. The van der Waals surface area contributed by atoms with Crippen LogP contribution in [0.4, 0.5) is 11.4 Å². The monoisotopic (exact) mass is 794 g/mol. The third kappa shape index (κ3) is 13.8. The van der Waals surface area contributed by atoms with Gasteiger partial charge < -0.3 is 21.3 Å². The Morgan fingerprint density at radius 1 is 0.500 bits per heavy atom. The lowest BCUT2D eigenvalue weighted by Gasteiger charge is -2.08. The molecule has 4 amide bonds. The summed E-state index contributed by atoms with van der Waals surface area (Å²) in [5.41, 5.74) is 9.19. The third-order valence-corrected chi connectivity index (χ3v) is 9.18. The molecule has 0 aliphatic carbocycles. The molecule has 2 heterocycles. The van der Waals surface area contributed by atoms with Gasteiger partial charge in [-0.05, 0) is 98.5 Å². The van der Waals surface area contributed by atoms with Gasteiger partial charge >= 0.3 is 0 Å². The minimum Gasteiger partial charge on any atom is -0.379 e. The van der Waals surface area contributed by atoms with Crippen molar-refractivity contribution >= 4 is 35.0 Å². The molecule has 18 heteroatoms. The molecule has 0 saturated heterocycles. The number of carbonyl (C=O) groups excluding carboxylic acids is 4. The third-order valence-electron chi connectivity index (χ3n) is 9.18. The van der Waals surface area contributed by atoms with Crippen molar-refractivity contribution in [3.63, 3.8) is 0 Å². The fourth-order valence-corrected chi connectivity index (χ4v) is 5.88. The van der Waals surface area contributed by atoms with E-state index in [2.05, 4.69) is 41.9 Å². The number of rotatable bonds is 24. The van der Waals surface area contributed by atoms with E-state index in [0.29, 0.717) is 50.1 Å². The Morgan fingerprint density at radius 3 is 1.26 bits per heavy atom. The van der Waals surface area contributed by atoms with E-state index >= 15 is 0 Å². The highest BCUT2D eigenvalue weighted by Crippen LogP contribution is 2.16. The van der Waals surface area contributed by atoms with Crippen molar-refractivity contribution in [3.8, 4) is 11.4 Å². The summed E-state index contributed by atoms with van der Waals surface area (Å²) in [6.07, 6.45) is 10.7. The minimum atomic E-state index is -0.384. The van der Waals surface area contributed by atoms with Gasteiger partial charge in [-0.25, -0.2) is 20.3 Å². The molecule has 0 radical (unpaired) electrons. The molecular weight excluding hydrogens is 745 g/mol. The normalized spacial score (nSPS) is 10.8. The van der Waals surface area contributed by atoms with Crippen LogP contribution in [0.2, 0.25) is 0 Å². The molecule has 0 unspecified atom stereocenters. The highest BCUT2D eigenvalue weighted by molar-refractivity contribution is 5.95. The Morgan fingerprint density at radius 2 is 0.879 bits per heavy atom. The number of nitrogens with one attached hydrogen (secondary N) is 6. The van der Waals surface area contributed by atoms with Crippen LogP contribution in [0.25, 0.3) is 11.4 Å². The topological polar surface area (TPSA) is 242 Å². The van der Waals surface area contributed by atoms with Gasteiger partial charge in [-0.15, -0.1) is 10.2 Å². The van der Waals surface area contributed by atoms with Crippen molar-refractivity contribution in [2.45, 2.75) is 77.3 Å². The van der Waals surface area contributed by atoms with Crippen LogP contribution in [0, 0.1) is 0 Å². The summed E-state index contributed by atoms with van der Waals surface area (Å²) < 4.78 is 3.39. The number of anilines is 2. The number of aromatic nitrogens is 6. The zero-order chi connectivity index (χ0) is 41.0. The summed E-state index contributed by atoms with van der Waals surface area (Å²) >= 11 is 0. The lowest BCUT2D eigenvalue weighted by Crippen LogP contribution is -2.24. The van der Waals surface area contributed by atoms with Crippen LogP contribution >= 0.6 is 0 Å². The number of nitrogens with zero attached hydrogens (tertiary/aromatic N) is 6. The van der Waals surface area contributed by atoms with E-state index in [1.165, 1.54) is 0 Å². The molecule has 0 bridgehead atoms. The van der Waals surface area contributed by atoms with Gasteiger partial charge in [0.25, 0.3) is 11.8 Å². The van der Waals surface area contributed by atoms with Crippen LogP contribution < -0.4 is 32.2 Å². The van der Waals surface area contributed by atoms with Gasteiger partial charge in [0.1, 0.15) is 11.4 Å². The van der Waals surface area contributed by atoms with E-state index in [0.717, 1.165) is 72.7 Å². The van der Waals surface area contributed by atoms with Gasteiger partial charge in [-0.3, -0.25) is 29.6 Å². The maximum Gasteiger partial charge on any atom is 0.251 e. The van der Waals surface area contributed by atoms with Crippen LogP contribution in [0.5, 0.6) is 0 Å². The first-order valence-corrected chi connectivity index (χ1v) is 19.3. The van der Waals surface area contributed by atoms with Crippen LogP contribution in [-0.4, -0.2) is 77.1 Å². The number of benzene rings is 3. The molecule has 0 saturated carbocycles. The lowest BCUT2D eigenvalue weighted by molar-refractivity contribution is -0.130. The van der Waals surface area contributed by atoms with Crippen LogP contribution in [0.15, 0.2) is 85.2 Å². The SMILES string of the molecule is O=C(CCCCCCNC(=O)c1ccc(NCc2cn(-c3ccc(-n4cc(CNc5ccc(C(=O)NCCCCCCC(=O)NO)cc5)nn4)cc3)nn2)cc1)NO. The van der Waals surface area contributed by atoms with E-state index in [-0.39, 0.29) is 36.5 Å². The van der Waals surface area contributed by atoms with Crippen molar-refractivity contribution in [2.24, 2.45) is 0 Å². The quantitative estimate of drug-likeness (QED) is 0.0246. The molecule has 0 atom stereocenters. The molecule has 18 nitrogen and oxygen atoms in total. The van der Waals surface area contributed by atoms with Gasteiger partial charge in [-0.2, -0.15) is 0 Å². The predicted molar refractivity (Wildman–Crippen MR) is 215 cm³/mol. The highest BCUT2D eigenvalue weighted by atomic mass is 16.5. The van der Waals surface area contributed by atoms with Crippen LogP contribution in [0.3, 0.4) is 0 Å². The van der Waals surface area contributed by atoms with Gasteiger partial charge in [0, 0.05) is 48.4 Å². The van der Waals surface area contributed by atoms with Gasteiger partial charge in [0.15, 0.2) is 0 Å². The van der Waals surface area contributed by atoms with E-state index in [1.807, 2.05) is 60.9 Å². The summed E-state index contributed by atoms with van der Waals surface area (Å²) in [4.78, 5) is 47.0. The molecule has 58 heavy (non-hydrogen) atoms. The minimum absolute atomic E-state index is 0.143. The maximum absolute atomic E-state index is 12.5. The number of carbonyl (C=O) groups is 4. The van der Waals surface area contributed by atoms with Crippen LogP contribution in [-0.2, 0) is 22.7 Å². The van der Waals surface area contributed by atoms with Gasteiger partial charge in [0.05, 0.1) is 36.9 Å². The van der Waals surface area contributed by atoms with Crippen molar-refractivity contribution in [1.82, 2.24) is 51.6 Å². The van der Waals surface area contributed by atoms with Crippen molar-refractivity contribution < 1.29 is 29.6 Å². The second kappa shape index (κ2) is 22.8. The van der Waals surface area contributed by atoms with Crippen molar-refractivity contribution in [2.75, 3.05) is 23.7 Å². The zero-order valence-corrected chi connectivity index (χ0v) is 32.2. The standard InChI is InChI=1S/C40H50N12O6/c53-37(47-57)9-5-1-3-7-23-41-39(55)29-11-15-31(16-12-29)43-25-33-27-51(49-45-33)35-19-21-36(22-20-35)52-28-34(46-50-52)26-44-32-17-13-30(14-18-32)40(56)42-24-8-4-2-6-10-38(54)48-58/h11-22,27-28,43-44,57-58H,1-10,23-26H2,(H,41,55)(H,42,56)(H,47,53)(H,48,54). The molecule has 5 aromatic rings. The van der Waals surface area contributed by atoms with Gasteiger partial charge in [0.2, 0.25) is 11.8 Å². The lowest BCUT2D eigenvalue weighted by atomic mass is 10.1. The number of hydroxylamine groups is 2. The molecule has 306 valence electrons. The Kier molecular flexibility index (Phi) is 16.7. The number of hydrogen-bond acceptors (Lipinski definition) is 12. The fourth-order valence-electron chi connectivity index (χ4n) is 5.88. The number of amides is 4. The largest absolute Gasteiger partial charge is 0.379 e. The van der Waals surface area contributed by atoms with Crippen molar-refractivity contribution in [1.29, 1.82) is 0 Å². The average molecular weight is 795 g/mol. The molecular formula is C40H50N12O6. The Hall–Kier alpha value is -6.66. The van der Waals surface area contributed by atoms with Gasteiger partial charge in [-0.1, -0.05) is 36.1 Å². The molecule has 2 aromatic heterocycles. The van der Waals surface area contributed by atoms with E-state index in [4.69, 9.17) is 10.4 Å². The second-order valence-corrected chi connectivity index (χ2v) is 13.6. The Bertz CT molecular complexity index is 1900. The Balaban J connectivity index is 0.991. The summed E-state index contributed by atoms with van der Waals surface area (Å²) in [5.74, 6) is -1.05. The summed E-state index contributed by atoms with van der Waals surface area (Å²) in [6, 6.07) is 22.1. The Labute approximate surface area is 335 Å². The summed E-state index contributed by atoms with van der Waals surface area (Å²) in [5, 5.41) is 46.6. The smallest absolute Gasteiger partial charge is 0.251 e. The molecule has 3 aromatic carbocycles. The van der Waals surface area contributed by atoms with E-state index in [9.17, 15) is 19.2 Å². The molecule has 8 N–H and O–H groups in total. The molecule has 5 rings (SSSR count). The summed E-state index contributed by atoms with van der Waals surface area (Å²) in [7, 11) is 0. The average Bonchev–Trinajstić information content (AvgIpc) is 3.95. The predicted octanol–water partition coefficient (Wildman–Crippen LogP) is 4.44. The first-order valence-electron chi connectivity index (χ1n) is 19.3. The second-order valence-electron chi connectivity index (χ2n) is 13.6. The molecule has 0 spiro atoms. The van der Waals surface area contributed by atoms with E-state index in [1.54, 1.807) is 44.6 Å². The fraction of sp³-hybridized carbons (Fsp3) is 0.350. The van der Waals surface area contributed by atoms with E-state index < -0.39 is 0 Å². The molecule has 0 aliphatic rings. The zero-order valence-electron chi connectivity index (χ0n) is 32.2. The highest BCUT2D eigenvalue weighted by Gasteiger charge is 2.10. The maximum atomic E-state index is 12.5.